The maximum Gasteiger partial charge on any atom is 0.255 e. The van der Waals surface area contributed by atoms with Crippen LogP contribution in [0.3, 0.4) is 0 Å². The van der Waals surface area contributed by atoms with Gasteiger partial charge in [0.25, 0.3) is 5.56 Å². The van der Waals surface area contributed by atoms with E-state index in [1.807, 2.05) is 72.0 Å². The van der Waals surface area contributed by atoms with E-state index in [9.17, 15) is 9.59 Å². The SMILES string of the molecule is Cc1nn(-c2ccccc2)c2c1c(C)c(CCC(=O)N1CCN(c3ccccn3)CC1)c(=O)n2C. The number of aryl methyl sites for hydroxylation is 3. The molecule has 1 aliphatic rings. The Morgan fingerprint density at radius 2 is 1.69 bits per heavy atom. The maximum absolute atomic E-state index is 13.4. The minimum Gasteiger partial charge on any atom is -0.353 e. The van der Waals surface area contributed by atoms with E-state index in [1.54, 1.807) is 17.8 Å². The Balaban J connectivity index is 1.34. The molecule has 180 valence electrons. The van der Waals surface area contributed by atoms with Crippen molar-refractivity contribution in [3.05, 3.63) is 81.9 Å². The molecule has 0 aliphatic carbocycles. The molecule has 0 bridgehead atoms. The van der Waals surface area contributed by atoms with E-state index in [0.717, 1.165) is 46.9 Å². The topological polar surface area (TPSA) is 76.3 Å². The fourth-order valence-electron chi connectivity index (χ4n) is 5.03. The molecule has 35 heavy (non-hydrogen) atoms. The van der Waals surface area contributed by atoms with E-state index in [0.29, 0.717) is 31.5 Å². The molecular weight excluding hydrogens is 440 g/mol. The van der Waals surface area contributed by atoms with E-state index >= 15 is 0 Å². The van der Waals surface area contributed by atoms with Crippen LogP contribution in [0.2, 0.25) is 0 Å². The van der Waals surface area contributed by atoms with E-state index in [4.69, 9.17) is 5.10 Å². The molecule has 0 N–H and O–H groups in total. The number of aromatic nitrogens is 4. The van der Waals surface area contributed by atoms with Gasteiger partial charge in [0.1, 0.15) is 11.5 Å². The monoisotopic (exact) mass is 470 g/mol. The molecule has 4 aromatic rings. The number of rotatable bonds is 5. The first-order chi connectivity index (χ1) is 17.0. The number of piperazine rings is 1. The summed E-state index contributed by atoms with van der Waals surface area (Å²) in [6.07, 6.45) is 2.53. The number of hydrogen-bond acceptors (Lipinski definition) is 5. The van der Waals surface area contributed by atoms with Crippen LogP contribution in [-0.2, 0) is 18.3 Å². The van der Waals surface area contributed by atoms with Crippen molar-refractivity contribution in [2.45, 2.75) is 26.7 Å². The zero-order chi connectivity index (χ0) is 24.5. The average Bonchev–Trinajstić information content (AvgIpc) is 3.25. The first-order valence-electron chi connectivity index (χ1n) is 12.0. The Labute approximate surface area is 204 Å². The number of pyridine rings is 2. The minimum atomic E-state index is -0.0696. The third-order valence-corrected chi connectivity index (χ3v) is 6.94. The van der Waals surface area contributed by atoms with Crippen molar-refractivity contribution in [1.82, 2.24) is 24.2 Å². The summed E-state index contributed by atoms with van der Waals surface area (Å²) in [6.45, 7) is 6.78. The summed E-state index contributed by atoms with van der Waals surface area (Å²) >= 11 is 0. The van der Waals surface area contributed by atoms with Crippen LogP contribution in [0.4, 0.5) is 5.82 Å². The smallest absolute Gasteiger partial charge is 0.255 e. The lowest BCUT2D eigenvalue weighted by molar-refractivity contribution is -0.131. The Kier molecular flexibility index (Phi) is 6.11. The largest absolute Gasteiger partial charge is 0.353 e. The van der Waals surface area contributed by atoms with Gasteiger partial charge in [0, 0.05) is 56.8 Å². The van der Waals surface area contributed by atoms with Crippen molar-refractivity contribution < 1.29 is 4.79 Å². The second-order valence-corrected chi connectivity index (χ2v) is 9.05. The lowest BCUT2D eigenvalue weighted by atomic mass is 10.0. The Morgan fingerprint density at radius 3 is 2.37 bits per heavy atom. The Hall–Kier alpha value is -3.94. The average molecular weight is 471 g/mol. The molecule has 1 saturated heterocycles. The zero-order valence-corrected chi connectivity index (χ0v) is 20.4. The number of benzene rings is 1. The van der Waals surface area contributed by atoms with Crippen molar-refractivity contribution in [1.29, 1.82) is 0 Å². The molecule has 3 aromatic heterocycles. The van der Waals surface area contributed by atoms with Gasteiger partial charge >= 0.3 is 0 Å². The number of nitrogens with zero attached hydrogens (tertiary/aromatic N) is 6. The lowest BCUT2D eigenvalue weighted by Crippen LogP contribution is -2.49. The summed E-state index contributed by atoms with van der Waals surface area (Å²) < 4.78 is 3.50. The van der Waals surface area contributed by atoms with Gasteiger partial charge < -0.3 is 9.80 Å². The Bertz CT molecular complexity index is 1420. The minimum absolute atomic E-state index is 0.0696. The van der Waals surface area contributed by atoms with Crippen molar-refractivity contribution in [3.8, 4) is 5.69 Å². The van der Waals surface area contributed by atoms with Crippen LogP contribution in [0.5, 0.6) is 0 Å². The molecule has 0 atom stereocenters. The van der Waals surface area contributed by atoms with Crippen molar-refractivity contribution >= 4 is 22.8 Å². The second kappa shape index (κ2) is 9.37. The van der Waals surface area contributed by atoms with Crippen molar-refractivity contribution in [2.24, 2.45) is 7.05 Å². The number of anilines is 1. The molecule has 1 aliphatic heterocycles. The Morgan fingerprint density at radius 1 is 0.971 bits per heavy atom. The highest BCUT2D eigenvalue weighted by Crippen LogP contribution is 2.26. The van der Waals surface area contributed by atoms with Gasteiger partial charge in [-0.1, -0.05) is 24.3 Å². The van der Waals surface area contributed by atoms with Gasteiger partial charge in [-0.15, -0.1) is 0 Å². The number of carbonyl (C=O) groups excluding carboxylic acids is 1. The zero-order valence-electron chi connectivity index (χ0n) is 20.4. The summed E-state index contributed by atoms with van der Waals surface area (Å²) in [6, 6.07) is 15.7. The predicted molar refractivity (Wildman–Crippen MR) is 137 cm³/mol. The van der Waals surface area contributed by atoms with Crippen LogP contribution >= 0.6 is 0 Å². The summed E-state index contributed by atoms with van der Waals surface area (Å²) in [7, 11) is 1.78. The summed E-state index contributed by atoms with van der Waals surface area (Å²) in [5, 5.41) is 5.71. The molecule has 1 amide bonds. The van der Waals surface area contributed by atoms with Crippen LogP contribution in [0.1, 0.15) is 23.2 Å². The molecular formula is C27H30N6O2. The fourth-order valence-corrected chi connectivity index (χ4v) is 5.03. The van der Waals surface area contributed by atoms with E-state index < -0.39 is 0 Å². The van der Waals surface area contributed by atoms with Crippen molar-refractivity contribution in [2.75, 3.05) is 31.1 Å². The van der Waals surface area contributed by atoms with Crippen LogP contribution in [0.15, 0.2) is 59.5 Å². The quantitative estimate of drug-likeness (QED) is 0.448. The summed E-state index contributed by atoms with van der Waals surface area (Å²) in [4.78, 5) is 34.9. The first-order valence-corrected chi connectivity index (χ1v) is 12.0. The van der Waals surface area contributed by atoms with Crippen LogP contribution < -0.4 is 10.5 Å². The van der Waals surface area contributed by atoms with Gasteiger partial charge in [0.2, 0.25) is 5.91 Å². The third kappa shape index (κ3) is 4.20. The second-order valence-electron chi connectivity index (χ2n) is 9.05. The molecule has 1 fully saturated rings. The maximum atomic E-state index is 13.4. The molecule has 8 heteroatoms. The van der Waals surface area contributed by atoms with Crippen LogP contribution in [0.25, 0.3) is 16.7 Å². The van der Waals surface area contributed by atoms with Gasteiger partial charge in [-0.25, -0.2) is 9.67 Å². The molecule has 0 spiro atoms. The molecule has 1 aromatic carbocycles. The lowest BCUT2D eigenvalue weighted by Gasteiger charge is -2.35. The highest BCUT2D eigenvalue weighted by molar-refractivity contribution is 5.85. The third-order valence-electron chi connectivity index (χ3n) is 6.94. The van der Waals surface area contributed by atoms with E-state index in [-0.39, 0.29) is 11.5 Å². The highest BCUT2D eigenvalue weighted by Gasteiger charge is 2.24. The van der Waals surface area contributed by atoms with Gasteiger partial charge in [-0.05, 0) is 50.1 Å². The molecule has 8 nitrogen and oxygen atoms in total. The number of fused-ring (bicyclic) bond motifs is 1. The van der Waals surface area contributed by atoms with E-state index in [1.165, 1.54) is 0 Å². The number of para-hydroxylation sites is 1. The normalized spacial score (nSPS) is 14.0. The van der Waals surface area contributed by atoms with Gasteiger partial charge in [0.05, 0.1) is 11.4 Å². The van der Waals surface area contributed by atoms with Gasteiger partial charge in [-0.3, -0.25) is 14.2 Å². The van der Waals surface area contributed by atoms with Crippen molar-refractivity contribution in [3.63, 3.8) is 0 Å². The standard InChI is InChI=1S/C27H30N6O2/c1-19-22(12-13-24(34)32-17-15-31(16-18-32)23-11-7-8-14-28-23)27(35)30(3)26-25(19)20(2)29-33(26)21-9-5-4-6-10-21/h4-11,14H,12-13,15-18H2,1-3H3. The highest BCUT2D eigenvalue weighted by atomic mass is 16.2. The molecule has 4 heterocycles. The molecule has 5 rings (SSSR count). The first kappa shape index (κ1) is 22.8. The number of amides is 1. The predicted octanol–water partition coefficient (Wildman–Crippen LogP) is 3.02. The summed E-state index contributed by atoms with van der Waals surface area (Å²) in [5.41, 5.74) is 4.09. The summed E-state index contributed by atoms with van der Waals surface area (Å²) in [5.74, 6) is 1.03. The molecule has 0 unspecified atom stereocenters. The van der Waals surface area contributed by atoms with E-state index in [2.05, 4.69) is 9.88 Å². The molecule has 0 saturated carbocycles. The van der Waals surface area contributed by atoms with Gasteiger partial charge in [0.15, 0.2) is 0 Å². The van der Waals surface area contributed by atoms with Gasteiger partial charge in [-0.2, -0.15) is 5.10 Å². The van der Waals surface area contributed by atoms with Crippen LogP contribution in [-0.4, -0.2) is 56.3 Å². The fraction of sp³-hybridized carbons (Fsp3) is 0.333. The molecule has 0 radical (unpaired) electrons. The number of carbonyl (C=O) groups is 1. The van der Waals surface area contributed by atoms with Crippen LogP contribution in [0, 0.1) is 13.8 Å². The number of hydrogen-bond donors (Lipinski definition) is 0.